The minimum absolute atomic E-state index is 0. The summed E-state index contributed by atoms with van der Waals surface area (Å²) >= 11 is 12.1. The van der Waals surface area contributed by atoms with Crippen LogP contribution in [-0.4, -0.2) is 44.0 Å². The second kappa shape index (κ2) is 11.5. The van der Waals surface area contributed by atoms with E-state index in [0.29, 0.717) is 22.5 Å². The Kier molecular flexibility index (Phi) is 11.1. The summed E-state index contributed by atoms with van der Waals surface area (Å²) in [6, 6.07) is 5.23. The summed E-state index contributed by atoms with van der Waals surface area (Å²) in [5.74, 6) is 0.431. The third kappa shape index (κ3) is 7.72. The van der Waals surface area contributed by atoms with Gasteiger partial charge in [0.2, 0.25) is 5.91 Å². The summed E-state index contributed by atoms with van der Waals surface area (Å²) in [4.78, 5) is 17.5. The first-order valence-electron chi connectivity index (χ1n) is 7.16. The van der Waals surface area contributed by atoms with Crippen LogP contribution in [0.15, 0.2) is 35.8 Å². The van der Waals surface area contributed by atoms with Crippen molar-refractivity contribution in [3.63, 3.8) is 0 Å². The van der Waals surface area contributed by atoms with Crippen molar-refractivity contribution >= 4 is 59.0 Å². The lowest BCUT2D eigenvalue weighted by molar-refractivity contribution is -0.127. The number of carbonyl (C=O) groups excluding carboxylic acids is 1. The molecule has 1 unspecified atom stereocenters. The number of nitrogens with one attached hydrogen (secondary N) is 2. The number of hydrogen-bond acceptors (Lipinski definition) is 2. The lowest BCUT2D eigenvalue weighted by Gasteiger charge is -2.19. The number of nitrogens with zero attached hydrogens (tertiary/aromatic N) is 2. The molecule has 0 saturated carbocycles. The van der Waals surface area contributed by atoms with E-state index in [4.69, 9.17) is 23.2 Å². The van der Waals surface area contributed by atoms with Gasteiger partial charge in [-0.05, 0) is 24.6 Å². The molecule has 0 saturated heterocycles. The van der Waals surface area contributed by atoms with Crippen molar-refractivity contribution in [1.29, 1.82) is 0 Å². The van der Waals surface area contributed by atoms with Crippen LogP contribution in [0.2, 0.25) is 10.0 Å². The number of likely N-dealkylation sites (N-methyl/N-ethyl adjacent to an activating group) is 1. The zero-order chi connectivity index (χ0) is 17.4. The van der Waals surface area contributed by atoms with Crippen LogP contribution in [0.25, 0.3) is 0 Å². The summed E-state index contributed by atoms with van der Waals surface area (Å²) in [6.45, 7) is 6.20. The molecule has 1 aromatic carbocycles. The maximum absolute atomic E-state index is 11.7. The molecule has 2 N–H and O–H groups in total. The Hall–Kier alpha value is -0.990. The molecule has 1 amide bonds. The molecular weight excluding hydrogens is 462 g/mol. The Morgan fingerprint density at radius 2 is 2.08 bits per heavy atom. The van der Waals surface area contributed by atoms with Crippen LogP contribution in [0.1, 0.15) is 18.5 Å². The van der Waals surface area contributed by atoms with Gasteiger partial charge in [0.25, 0.3) is 0 Å². The van der Waals surface area contributed by atoms with E-state index in [2.05, 4.69) is 22.2 Å². The Balaban J connectivity index is 0.00000529. The second-order valence-electron chi connectivity index (χ2n) is 5.15. The highest BCUT2D eigenvalue weighted by atomic mass is 127. The fourth-order valence-electron chi connectivity index (χ4n) is 1.75. The van der Waals surface area contributed by atoms with Gasteiger partial charge in [-0.3, -0.25) is 4.79 Å². The fourth-order valence-corrected chi connectivity index (χ4v) is 2.32. The highest BCUT2D eigenvalue weighted by molar-refractivity contribution is 14.0. The van der Waals surface area contributed by atoms with E-state index in [0.717, 1.165) is 5.56 Å². The van der Waals surface area contributed by atoms with Gasteiger partial charge in [0, 0.05) is 30.7 Å². The second-order valence-corrected chi connectivity index (χ2v) is 6.00. The van der Waals surface area contributed by atoms with Crippen LogP contribution in [-0.2, 0) is 4.79 Å². The number of rotatable bonds is 6. The maximum atomic E-state index is 11.7. The van der Waals surface area contributed by atoms with Crippen molar-refractivity contribution in [3.8, 4) is 0 Å². The van der Waals surface area contributed by atoms with Gasteiger partial charge >= 0.3 is 0 Å². The van der Waals surface area contributed by atoms with Crippen LogP contribution >= 0.6 is 47.2 Å². The third-order valence-corrected chi connectivity index (χ3v) is 3.63. The minimum Gasteiger partial charge on any atom is -0.353 e. The predicted molar refractivity (Wildman–Crippen MR) is 113 cm³/mol. The van der Waals surface area contributed by atoms with E-state index in [-0.39, 0.29) is 42.5 Å². The molecule has 1 rings (SSSR count). The van der Waals surface area contributed by atoms with Gasteiger partial charge in [-0.15, -0.1) is 30.6 Å². The van der Waals surface area contributed by atoms with Gasteiger partial charge in [-0.2, -0.15) is 0 Å². The van der Waals surface area contributed by atoms with Gasteiger partial charge in [-0.25, -0.2) is 4.99 Å². The molecule has 0 bridgehead atoms. The third-order valence-electron chi connectivity index (χ3n) is 3.07. The summed E-state index contributed by atoms with van der Waals surface area (Å²) in [5, 5.41) is 7.45. The summed E-state index contributed by atoms with van der Waals surface area (Å²) < 4.78 is 0. The van der Waals surface area contributed by atoms with E-state index in [1.165, 1.54) is 4.90 Å². The highest BCUT2D eigenvalue weighted by Crippen LogP contribution is 2.25. The van der Waals surface area contributed by atoms with E-state index in [1.54, 1.807) is 32.3 Å². The van der Waals surface area contributed by atoms with Crippen LogP contribution in [0, 0.1) is 0 Å². The average molecular weight is 485 g/mol. The monoisotopic (exact) mass is 484 g/mol. The minimum atomic E-state index is -0.106. The van der Waals surface area contributed by atoms with Gasteiger partial charge in [0.1, 0.15) is 6.54 Å². The van der Waals surface area contributed by atoms with Crippen molar-refractivity contribution in [2.75, 3.05) is 27.2 Å². The number of hydrogen-bond donors (Lipinski definition) is 2. The van der Waals surface area contributed by atoms with Crippen molar-refractivity contribution in [3.05, 3.63) is 46.5 Å². The van der Waals surface area contributed by atoms with Crippen molar-refractivity contribution < 1.29 is 4.79 Å². The fraction of sp³-hybridized carbons (Fsp3) is 0.375. The van der Waals surface area contributed by atoms with Crippen molar-refractivity contribution in [2.24, 2.45) is 4.99 Å². The number of benzene rings is 1. The molecule has 0 aromatic heterocycles. The van der Waals surface area contributed by atoms with Crippen LogP contribution < -0.4 is 10.6 Å². The predicted octanol–water partition coefficient (Wildman–Crippen LogP) is 3.48. The molecular formula is C16H23Cl2IN4O. The Labute approximate surface area is 170 Å². The van der Waals surface area contributed by atoms with E-state index < -0.39 is 0 Å². The Bertz CT molecular complexity index is 593. The molecule has 0 fully saturated rings. The van der Waals surface area contributed by atoms with Crippen LogP contribution in [0.5, 0.6) is 0 Å². The van der Waals surface area contributed by atoms with Crippen LogP contribution in [0.4, 0.5) is 0 Å². The summed E-state index contributed by atoms with van der Waals surface area (Å²) in [5.41, 5.74) is 0.892. The number of carbonyl (C=O) groups is 1. The van der Waals surface area contributed by atoms with Crippen LogP contribution in [0.3, 0.4) is 0 Å². The molecule has 0 aliphatic heterocycles. The molecule has 1 aromatic rings. The van der Waals surface area contributed by atoms with Gasteiger partial charge in [-0.1, -0.05) is 35.3 Å². The number of guanidine groups is 1. The first-order chi connectivity index (χ1) is 10.8. The largest absolute Gasteiger partial charge is 0.353 e. The molecule has 0 aliphatic carbocycles. The summed E-state index contributed by atoms with van der Waals surface area (Å²) in [7, 11) is 3.39. The molecule has 0 radical (unpaired) electrons. The molecule has 0 aliphatic rings. The molecule has 8 heteroatoms. The zero-order valence-corrected chi connectivity index (χ0v) is 17.8. The molecule has 0 heterocycles. The highest BCUT2D eigenvalue weighted by Gasteiger charge is 2.12. The molecule has 134 valence electrons. The van der Waals surface area contributed by atoms with E-state index in [9.17, 15) is 4.79 Å². The zero-order valence-electron chi connectivity index (χ0n) is 14.0. The first kappa shape index (κ1) is 23.0. The standard InChI is InChI=1S/C16H22Cl2N4O.HI/c1-5-8-19-16(20-10-15(23)22(3)4)21-11(2)13-7-6-12(17)9-14(13)18;/h5-7,9,11H,1,8,10H2,2-4H3,(H2,19,20,21);1H. The maximum Gasteiger partial charge on any atom is 0.243 e. The quantitative estimate of drug-likeness (QED) is 0.281. The summed E-state index contributed by atoms with van der Waals surface area (Å²) in [6.07, 6.45) is 1.71. The molecule has 24 heavy (non-hydrogen) atoms. The lowest BCUT2D eigenvalue weighted by atomic mass is 10.1. The molecule has 0 spiro atoms. The smallest absolute Gasteiger partial charge is 0.243 e. The lowest BCUT2D eigenvalue weighted by Crippen LogP contribution is -2.40. The number of aliphatic imine (C=N–C) groups is 1. The Morgan fingerprint density at radius 1 is 1.42 bits per heavy atom. The number of amides is 1. The van der Waals surface area contributed by atoms with Crippen molar-refractivity contribution in [2.45, 2.75) is 13.0 Å². The topological polar surface area (TPSA) is 56.7 Å². The van der Waals surface area contributed by atoms with Gasteiger partial charge in [0.15, 0.2) is 5.96 Å². The molecule has 5 nitrogen and oxygen atoms in total. The van der Waals surface area contributed by atoms with Crippen molar-refractivity contribution in [1.82, 2.24) is 15.5 Å². The first-order valence-corrected chi connectivity index (χ1v) is 7.91. The SMILES string of the molecule is C=CCNC(=NCC(=O)N(C)C)NC(C)c1ccc(Cl)cc1Cl.I. The number of halogens is 3. The van der Waals surface area contributed by atoms with Gasteiger partial charge < -0.3 is 15.5 Å². The molecule has 1 atom stereocenters. The Morgan fingerprint density at radius 3 is 2.62 bits per heavy atom. The normalized spacial score (nSPS) is 12.0. The van der Waals surface area contributed by atoms with Gasteiger partial charge in [0.05, 0.1) is 6.04 Å². The average Bonchev–Trinajstić information content (AvgIpc) is 2.49. The van der Waals surface area contributed by atoms with E-state index >= 15 is 0 Å². The van der Waals surface area contributed by atoms with E-state index in [1.807, 2.05) is 13.0 Å².